The number of halogens is 2. The van der Waals surface area contributed by atoms with Crippen LogP contribution in [-0.4, -0.2) is 18.8 Å². The van der Waals surface area contributed by atoms with E-state index < -0.39 is 23.6 Å². The molecule has 1 atom stereocenters. The number of fused-ring (bicyclic) bond motifs is 1. The van der Waals surface area contributed by atoms with Gasteiger partial charge in [0.05, 0.1) is 0 Å². The molecule has 7 heteroatoms. The number of anilines is 1. The summed E-state index contributed by atoms with van der Waals surface area (Å²) < 4.78 is 42.0. The molecule has 23 heavy (non-hydrogen) atoms. The number of nitrogens with one attached hydrogen (secondary N) is 1. The van der Waals surface area contributed by atoms with Crippen molar-refractivity contribution >= 4 is 11.6 Å². The molecular weight excluding hydrogens is 308 g/mol. The van der Waals surface area contributed by atoms with Crippen LogP contribution < -0.4 is 19.5 Å². The van der Waals surface area contributed by atoms with Crippen molar-refractivity contribution in [2.24, 2.45) is 0 Å². The Labute approximate surface area is 130 Å². The Bertz CT molecular complexity index is 751. The summed E-state index contributed by atoms with van der Waals surface area (Å²) in [6.45, 7) is 1.60. The fraction of sp³-hybridized carbons (Fsp3) is 0.188. The van der Waals surface area contributed by atoms with Gasteiger partial charge in [0.15, 0.2) is 29.2 Å². The monoisotopic (exact) mass is 321 g/mol. The zero-order valence-electron chi connectivity index (χ0n) is 12.1. The van der Waals surface area contributed by atoms with Crippen molar-refractivity contribution in [1.29, 1.82) is 0 Å². The lowest BCUT2D eigenvalue weighted by Gasteiger charge is -2.15. The van der Waals surface area contributed by atoms with Crippen molar-refractivity contribution in [2.45, 2.75) is 13.0 Å². The maximum absolute atomic E-state index is 13.5. The van der Waals surface area contributed by atoms with E-state index in [-0.39, 0.29) is 12.5 Å². The van der Waals surface area contributed by atoms with Crippen LogP contribution in [0.1, 0.15) is 6.92 Å². The standard InChI is InChI=1S/C16H13F2NO4/c1-9(23-13-4-2-10(17)6-12(13)18)16(20)19-11-3-5-14-15(7-11)22-8-21-14/h2-7,9H,8H2,1H3,(H,19,20)/t9-/m0/s1. The Morgan fingerprint density at radius 1 is 1.17 bits per heavy atom. The maximum atomic E-state index is 13.5. The van der Waals surface area contributed by atoms with Gasteiger partial charge >= 0.3 is 0 Å². The van der Waals surface area contributed by atoms with Crippen LogP contribution in [-0.2, 0) is 4.79 Å². The lowest BCUT2D eigenvalue weighted by molar-refractivity contribution is -0.122. The average Bonchev–Trinajstić information content (AvgIpc) is 2.97. The van der Waals surface area contributed by atoms with Gasteiger partial charge in [-0.05, 0) is 31.2 Å². The molecule has 1 amide bonds. The number of carbonyl (C=O) groups excluding carboxylic acids is 1. The molecule has 3 rings (SSSR count). The first-order valence-corrected chi connectivity index (χ1v) is 6.85. The summed E-state index contributed by atoms with van der Waals surface area (Å²) in [4.78, 5) is 12.1. The summed E-state index contributed by atoms with van der Waals surface area (Å²) in [6.07, 6.45) is -0.972. The molecule has 0 saturated heterocycles. The predicted molar refractivity (Wildman–Crippen MR) is 77.6 cm³/mol. The minimum atomic E-state index is -0.972. The first kappa shape index (κ1) is 15.1. The summed E-state index contributed by atoms with van der Waals surface area (Å²) >= 11 is 0. The van der Waals surface area contributed by atoms with E-state index in [1.54, 1.807) is 18.2 Å². The van der Waals surface area contributed by atoms with Gasteiger partial charge in [-0.1, -0.05) is 0 Å². The van der Waals surface area contributed by atoms with E-state index in [9.17, 15) is 13.6 Å². The molecule has 0 fully saturated rings. The molecule has 1 heterocycles. The number of ether oxygens (including phenoxy) is 3. The number of hydrogen-bond donors (Lipinski definition) is 1. The van der Waals surface area contributed by atoms with Crippen molar-refractivity contribution in [3.05, 3.63) is 48.0 Å². The molecule has 1 N–H and O–H groups in total. The lowest BCUT2D eigenvalue weighted by atomic mass is 10.2. The number of carbonyl (C=O) groups is 1. The molecule has 0 spiro atoms. The average molecular weight is 321 g/mol. The smallest absolute Gasteiger partial charge is 0.265 e. The molecular formula is C16H13F2NO4. The molecule has 2 aromatic rings. The fourth-order valence-corrected chi connectivity index (χ4v) is 2.03. The number of benzene rings is 2. The Hall–Kier alpha value is -2.83. The second-order valence-corrected chi connectivity index (χ2v) is 4.89. The lowest BCUT2D eigenvalue weighted by Crippen LogP contribution is -2.30. The SMILES string of the molecule is C[C@H](Oc1ccc(F)cc1F)C(=O)Nc1ccc2c(c1)OCO2. The largest absolute Gasteiger partial charge is 0.478 e. The second-order valence-electron chi connectivity index (χ2n) is 4.89. The highest BCUT2D eigenvalue weighted by atomic mass is 19.1. The minimum absolute atomic E-state index is 0.135. The third-order valence-electron chi connectivity index (χ3n) is 3.21. The van der Waals surface area contributed by atoms with Gasteiger partial charge in [0.25, 0.3) is 5.91 Å². The van der Waals surface area contributed by atoms with Crippen LogP contribution in [0.3, 0.4) is 0 Å². The molecule has 120 valence electrons. The predicted octanol–water partition coefficient (Wildman–Crippen LogP) is 3.10. The zero-order valence-corrected chi connectivity index (χ0v) is 12.1. The Kier molecular flexibility index (Phi) is 4.01. The third kappa shape index (κ3) is 3.33. The number of amides is 1. The normalized spacial score (nSPS) is 13.5. The van der Waals surface area contributed by atoms with Gasteiger partial charge < -0.3 is 19.5 Å². The van der Waals surface area contributed by atoms with Gasteiger partial charge in [-0.25, -0.2) is 8.78 Å². The molecule has 1 aliphatic rings. The molecule has 1 aliphatic heterocycles. The highest BCUT2D eigenvalue weighted by molar-refractivity contribution is 5.94. The summed E-state index contributed by atoms with van der Waals surface area (Å²) in [7, 11) is 0. The first-order chi connectivity index (χ1) is 11.0. The highest BCUT2D eigenvalue weighted by Gasteiger charge is 2.19. The van der Waals surface area contributed by atoms with Crippen LogP contribution in [0, 0.1) is 11.6 Å². The molecule has 0 aliphatic carbocycles. The quantitative estimate of drug-likeness (QED) is 0.940. The molecule has 0 unspecified atom stereocenters. The van der Waals surface area contributed by atoms with Crippen molar-refractivity contribution in [3.8, 4) is 17.2 Å². The molecule has 2 aromatic carbocycles. The number of hydrogen-bond acceptors (Lipinski definition) is 4. The highest BCUT2D eigenvalue weighted by Crippen LogP contribution is 2.34. The van der Waals surface area contributed by atoms with E-state index in [1.807, 2.05) is 0 Å². The van der Waals surface area contributed by atoms with Crippen LogP contribution in [0.2, 0.25) is 0 Å². The van der Waals surface area contributed by atoms with Crippen LogP contribution in [0.15, 0.2) is 36.4 Å². The van der Waals surface area contributed by atoms with Gasteiger partial charge in [-0.3, -0.25) is 4.79 Å². The molecule has 0 bridgehead atoms. The van der Waals surface area contributed by atoms with Gasteiger partial charge in [0, 0.05) is 17.8 Å². The Morgan fingerprint density at radius 2 is 1.96 bits per heavy atom. The van der Waals surface area contributed by atoms with Crippen LogP contribution in [0.5, 0.6) is 17.2 Å². The first-order valence-electron chi connectivity index (χ1n) is 6.85. The van der Waals surface area contributed by atoms with Gasteiger partial charge in [-0.15, -0.1) is 0 Å². The van der Waals surface area contributed by atoms with Crippen molar-refractivity contribution < 1.29 is 27.8 Å². The summed E-state index contributed by atoms with van der Waals surface area (Å²) in [6, 6.07) is 7.82. The molecule has 0 saturated carbocycles. The molecule has 0 aromatic heterocycles. The van der Waals surface area contributed by atoms with E-state index in [0.29, 0.717) is 23.3 Å². The third-order valence-corrected chi connectivity index (χ3v) is 3.21. The second kappa shape index (κ2) is 6.12. The summed E-state index contributed by atoms with van der Waals surface area (Å²) in [5, 5.41) is 2.63. The van der Waals surface area contributed by atoms with Crippen LogP contribution in [0.25, 0.3) is 0 Å². The molecule has 5 nitrogen and oxygen atoms in total. The number of rotatable bonds is 4. The van der Waals surface area contributed by atoms with Crippen molar-refractivity contribution in [1.82, 2.24) is 0 Å². The van der Waals surface area contributed by atoms with Crippen molar-refractivity contribution in [2.75, 3.05) is 12.1 Å². The topological polar surface area (TPSA) is 56.8 Å². The fourth-order valence-electron chi connectivity index (χ4n) is 2.03. The van der Waals surface area contributed by atoms with Gasteiger partial charge in [-0.2, -0.15) is 0 Å². The molecule has 0 radical (unpaired) electrons. The van der Waals surface area contributed by atoms with E-state index in [2.05, 4.69) is 5.32 Å². The van der Waals surface area contributed by atoms with Crippen LogP contribution in [0.4, 0.5) is 14.5 Å². The maximum Gasteiger partial charge on any atom is 0.265 e. The van der Waals surface area contributed by atoms with E-state index in [1.165, 1.54) is 6.92 Å². The Balaban J connectivity index is 1.65. The summed E-state index contributed by atoms with van der Waals surface area (Å²) in [5.74, 6) is -1.13. The van der Waals surface area contributed by atoms with E-state index in [4.69, 9.17) is 14.2 Å². The van der Waals surface area contributed by atoms with Crippen molar-refractivity contribution in [3.63, 3.8) is 0 Å². The van der Waals surface area contributed by atoms with E-state index in [0.717, 1.165) is 12.1 Å². The minimum Gasteiger partial charge on any atom is -0.478 e. The summed E-state index contributed by atoms with van der Waals surface area (Å²) in [5.41, 5.74) is 0.495. The van der Waals surface area contributed by atoms with Gasteiger partial charge in [0.2, 0.25) is 6.79 Å². The van der Waals surface area contributed by atoms with Gasteiger partial charge in [0.1, 0.15) is 5.82 Å². The Morgan fingerprint density at radius 3 is 2.74 bits per heavy atom. The van der Waals surface area contributed by atoms with E-state index >= 15 is 0 Å². The van der Waals surface area contributed by atoms with Crippen LogP contribution >= 0.6 is 0 Å². The zero-order chi connectivity index (χ0) is 16.4.